The molecule has 0 fully saturated rings. The SMILES string of the molecule is CC(C)(C)OC(=O)N[C@@H](CCCN=C(N)N)C(=O)c1nccs1. The Morgan fingerprint density at radius 1 is 1.43 bits per heavy atom. The summed E-state index contributed by atoms with van der Waals surface area (Å²) in [4.78, 5) is 32.2. The van der Waals surface area contributed by atoms with E-state index in [1.807, 2.05) is 0 Å². The van der Waals surface area contributed by atoms with E-state index >= 15 is 0 Å². The maximum atomic E-state index is 12.4. The number of aliphatic imine (C=N–C) groups is 1. The number of rotatable bonds is 7. The number of nitrogens with two attached hydrogens (primary N) is 2. The molecule has 1 amide bonds. The van der Waals surface area contributed by atoms with Gasteiger partial charge in [-0.25, -0.2) is 9.78 Å². The summed E-state index contributed by atoms with van der Waals surface area (Å²) in [7, 11) is 0. The Hall–Kier alpha value is -2.16. The van der Waals surface area contributed by atoms with Gasteiger partial charge in [0.1, 0.15) is 5.60 Å². The van der Waals surface area contributed by atoms with E-state index in [1.54, 1.807) is 32.3 Å². The standard InChI is InChI=1S/C14H23N5O3S/c1-14(2,3)22-13(21)19-9(5-4-6-18-12(15)16)10(20)11-17-7-8-23-11/h7-9H,4-6H2,1-3H3,(H,19,21)(H4,15,16,18)/t9-/m0/s1. The summed E-state index contributed by atoms with van der Waals surface area (Å²) >= 11 is 1.22. The van der Waals surface area contributed by atoms with Crippen LogP contribution in [-0.4, -0.2) is 41.0 Å². The molecule has 0 saturated heterocycles. The topological polar surface area (TPSA) is 133 Å². The lowest BCUT2D eigenvalue weighted by molar-refractivity contribution is 0.0488. The molecule has 0 bridgehead atoms. The van der Waals surface area contributed by atoms with Crippen LogP contribution in [0.1, 0.15) is 43.4 Å². The number of thiazole rings is 1. The van der Waals surface area contributed by atoms with Crippen molar-refractivity contribution in [3.8, 4) is 0 Å². The van der Waals surface area contributed by atoms with Crippen LogP contribution < -0.4 is 16.8 Å². The third kappa shape index (κ3) is 7.59. The van der Waals surface area contributed by atoms with E-state index in [1.165, 1.54) is 11.3 Å². The molecule has 0 aromatic carbocycles. The lowest BCUT2D eigenvalue weighted by Gasteiger charge is -2.22. The van der Waals surface area contributed by atoms with Gasteiger partial charge in [0, 0.05) is 18.1 Å². The maximum absolute atomic E-state index is 12.4. The molecular formula is C14H23N5O3S. The minimum Gasteiger partial charge on any atom is -0.444 e. The van der Waals surface area contributed by atoms with Crippen LogP contribution in [0.15, 0.2) is 16.6 Å². The van der Waals surface area contributed by atoms with Crippen molar-refractivity contribution in [2.24, 2.45) is 16.5 Å². The molecule has 0 spiro atoms. The number of carbonyl (C=O) groups excluding carboxylic acids is 2. The fourth-order valence-electron chi connectivity index (χ4n) is 1.72. The second-order valence-electron chi connectivity index (χ2n) is 5.85. The van der Waals surface area contributed by atoms with Gasteiger partial charge >= 0.3 is 6.09 Å². The van der Waals surface area contributed by atoms with E-state index in [4.69, 9.17) is 16.2 Å². The van der Waals surface area contributed by atoms with Gasteiger partial charge in [0.2, 0.25) is 5.78 Å². The molecule has 1 rings (SSSR count). The summed E-state index contributed by atoms with van der Waals surface area (Å²) in [6.45, 7) is 5.63. The monoisotopic (exact) mass is 341 g/mol. The van der Waals surface area contributed by atoms with E-state index < -0.39 is 17.7 Å². The van der Waals surface area contributed by atoms with Crippen LogP contribution in [0.2, 0.25) is 0 Å². The van der Waals surface area contributed by atoms with Gasteiger partial charge in [-0.05, 0) is 33.6 Å². The van der Waals surface area contributed by atoms with Crippen molar-refractivity contribution < 1.29 is 14.3 Å². The Labute approximate surface area is 139 Å². The number of Topliss-reactive ketones (excluding diaryl/α,β-unsaturated/α-hetero) is 1. The predicted molar refractivity (Wildman–Crippen MR) is 89.5 cm³/mol. The molecule has 0 aliphatic rings. The van der Waals surface area contributed by atoms with E-state index in [-0.39, 0.29) is 11.7 Å². The van der Waals surface area contributed by atoms with Gasteiger partial charge in [0.05, 0.1) is 6.04 Å². The molecule has 1 aromatic heterocycles. The van der Waals surface area contributed by atoms with Gasteiger partial charge in [-0.15, -0.1) is 11.3 Å². The summed E-state index contributed by atoms with van der Waals surface area (Å²) in [6, 6.07) is -0.731. The van der Waals surface area contributed by atoms with Crippen LogP contribution in [0.25, 0.3) is 0 Å². The zero-order valence-electron chi connectivity index (χ0n) is 13.5. The first-order valence-electron chi connectivity index (χ1n) is 7.17. The Kier molecular flexibility index (Phi) is 6.95. The number of ether oxygens (including phenoxy) is 1. The largest absolute Gasteiger partial charge is 0.444 e. The van der Waals surface area contributed by atoms with E-state index in [2.05, 4.69) is 15.3 Å². The molecule has 128 valence electrons. The zero-order chi connectivity index (χ0) is 17.5. The van der Waals surface area contributed by atoms with Crippen molar-refractivity contribution in [3.05, 3.63) is 16.6 Å². The molecule has 23 heavy (non-hydrogen) atoms. The lowest BCUT2D eigenvalue weighted by Crippen LogP contribution is -2.43. The van der Waals surface area contributed by atoms with Crippen molar-refractivity contribution in [2.45, 2.75) is 45.3 Å². The number of ketones is 1. The van der Waals surface area contributed by atoms with Gasteiger partial charge in [0.15, 0.2) is 11.0 Å². The minimum atomic E-state index is -0.731. The molecule has 0 radical (unpaired) electrons. The third-order valence-electron chi connectivity index (χ3n) is 2.60. The van der Waals surface area contributed by atoms with Gasteiger partial charge in [0.25, 0.3) is 0 Å². The molecule has 0 aliphatic heterocycles. The Morgan fingerprint density at radius 3 is 2.65 bits per heavy atom. The molecule has 0 aliphatic carbocycles. The quantitative estimate of drug-likeness (QED) is 0.296. The number of hydrogen-bond acceptors (Lipinski definition) is 6. The first-order chi connectivity index (χ1) is 10.7. The number of nitrogens with one attached hydrogen (secondary N) is 1. The Bertz CT molecular complexity index is 547. The highest BCUT2D eigenvalue weighted by Crippen LogP contribution is 2.13. The van der Waals surface area contributed by atoms with Crippen molar-refractivity contribution in [2.75, 3.05) is 6.54 Å². The summed E-state index contributed by atoms with van der Waals surface area (Å²) < 4.78 is 5.19. The van der Waals surface area contributed by atoms with Crippen molar-refractivity contribution >= 4 is 29.2 Å². The molecule has 0 saturated carbocycles. The van der Waals surface area contributed by atoms with Crippen LogP contribution in [-0.2, 0) is 4.74 Å². The number of amides is 1. The van der Waals surface area contributed by atoms with Crippen molar-refractivity contribution in [1.82, 2.24) is 10.3 Å². The van der Waals surface area contributed by atoms with E-state index in [0.29, 0.717) is 24.4 Å². The van der Waals surface area contributed by atoms with Crippen LogP contribution >= 0.6 is 11.3 Å². The smallest absolute Gasteiger partial charge is 0.408 e. The van der Waals surface area contributed by atoms with Gasteiger partial charge in [-0.2, -0.15) is 0 Å². The minimum absolute atomic E-state index is 0.00657. The highest BCUT2D eigenvalue weighted by molar-refractivity contribution is 7.11. The second-order valence-corrected chi connectivity index (χ2v) is 6.74. The van der Waals surface area contributed by atoms with E-state index in [0.717, 1.165) is 0 Å². The first-order valence-corrected chi connectivity index (χ1v) is 8.05. The summed E-state index contributed by atoms with van der Waals surface area (Å²) in [5.41, 5.74) is 9.88. The summed E-state index contributed by atoms with van der Waals surface area (Å²) in [5.74, 6) is -0.261. The van der Waals surface area contributed by atoms with Crippen LogP contribution in [0.4, 0.5) is 4.79 Å². The molecule has 5 N–H and O–H groups in total. The highest BCUT2D eigenvalue weighted by Gasteiger charge is 2.26. The van der Waals surface area contributed by atoms with Crippen molar-refractivity contribution in [1.29, 1.82) is 0 Å². The average molecular weight is 341 g/mol. The first kappa shape index (κ1) is 18.9. The number of aromatic nitrogens is 1. The van der Waals surface area contributed by atoms with Gasteiger partial charge in [-0.3, -0.25) is 9.79 Å². The maximum Gasteiger partial charge on any atom is 0.408 e. The Morgan fingerprint density at radius 2 is 2.13 bits per heavy atom. The fourth-order valence-corrected chi connectivity index (χ4v) is 2.35. The lowest BCUT2D eigenvalue weighted by atomic mass is 10.1. The predicted octanol–water partition coefficient (Wildman–Crippen LogP) is 1.27. The van der Waals surface area contributed by atoms with Crippen LogP contribution in [0.5, 0.6) is 0 Å². The molecule has 0 unspecified atom stereocenters. The Balaban J connectivity index is 2.70. The molecule has 1 atom stereocenters. The number of carbonyl (C=O) groups is 2. The molecule has 1 aromatic rings. The van der Waals surface area contributed by atoms with Gasteiger partial charge < -0.3 is 21.5 Å². The van der Waals surface area contributed by atoms with Crippen LogP contribution in [0, 0.1) is 0 Å². The normalized spacial score (nSPS) is 12.3. The zero-order valence-corrected chi connectivity index (χ0v) is 14.4. The molecule has 1 heterocycles. The van der Waals surface area contributed by atoms with Gasteiger partial charge in [-0.1, -0.05) is 0 Å². The number of guanidine groups is 1. The fraction of sp³-hybridized carbons (Fsp3) is 0.571. The number of hydrogen-bond donors (Lipinski definition) is 3. The number of alkyl carbamates (subject to hydrolysis) is 1. The second kappa shape index (κ2) is 8.47. The molecule has 9 heteroatoms. The van der Waals surface area contributed by atoms with Crippen LogP contribution in [0.3, 0.4) is 0 Å². The summed E-state index contributed by atoms with van der Waals surface area (Å²) in [6.07, 6.45) is 1.82. The van der Waals surface area contributed by atoms with Crippen molar-refractivity contribution in [3.63, 3.8) is 0 Å². The average Bonchev–Trinajstić information content (AvgIpc) is 2.93. The molecular weight excluding hydrogens is 318 g/mol. The molecule has 8 nitrogen and oxygen atoms in total. The third-order valence-corrected chi connectivity index (χ3v) is 3.38. The highest BCUT2D eigenvalue weighted by atomic mass is 32.1. The van der Waals surface area contributed by atoms with E-state index in [9.17, 15) is 9.59 Å². The summed E-state index contributed by atoms with van der Waals surface area (Å²) in [5, 5.41) is 4.64. The number of nitrogens with zero attached hydrogens (tertiary/aromatic N) is 2.